The van der Waals surface area contributed by atoms with Crippen LogP contribution in [0.3, 0.4) is 0 Å². The topological polar surface area (TPSA) is 128 Å². The van der Waals surface area contributed by atoms with E-state index in [9.17, 15) is 27.5 Å². The lowest BCUT2D eigenvalue weighted by Crippen LogP contribution is -2.50. The SMILES string of the molecule is C[C@H]1CN([C@@H](C)CO)C(=O)Cc2cc(NS(=O)(=O)c3ccc(F)cc3)ccc2O[C@H]1CN(C)C(=O)NC1CCCCC1. The molecule has 1 aliphatic carbocycles. The van der Waals surface area contributed by atoms with E-state index in [4.69, 9.17) is 4.74 Å². The Hall–Kier alpha value is -3.38. The number of hydrogen-bond donors (Lipinski definition) is 3. The first-order valence-corrected chi connectivity index (χ1v) is 15.9. The van der Waals surface area contributed by atoms with Crippen LogP contribution in [-0.2, 0) is 21.2 Å². The van der Waals surface area contributed by atoms with Gasteiger partial charge in [0.05, 0.1) is 30.5 Å². The summed E-state index contributed by atoms with van der Waals surface area (Å²) in [5, 5.41) is 13.0. The molecule has 3 amide bonds. The third-order valence-corrected chi connectivity index (χ3v) is 9.42. The van der Waals surface area contributed by atoms with Gasteiger partial charge in [0.15, 0.2) is 0 Å². The van der Waals surface area contributed by atoms with Gasteiger partial charge in [0.2, 0.25) is 5.91 Å². The van der Waals surface area contributed by atoms with Crippen molar-refractivity contribution in [2.24, 2.45) is 5.92 Å². The van der Waals surface area contributed by atoms with Gasteiger partial charge in [-0.25, -0.2) is 17.6 Å². The molecule has 1 heterocycles. The Bertz CT molecular complexity index is 1350. The lowest BCUT2D eigenvalue weighted by atomic mass is 9.96. The summed E-state index contributed by atoms with van der Waals surface area (Å²) < 4.78 is 48.1. The van der Waals surface area contributed by atoms with Gasteiger partial charge in [-0.1, -0.05) is 26.2 Å². The van der Waals surface area contributed by atoms with E-state index in [1.807, 2.05) is 6.92 Å². The Morgan fingerprint density at radius 3 is 2.52 bits per heavy atom. The Kier molecular flexibility index (Phi) is 10.3. The van der Waals surface area contributed by atoms with Gasteiger partial charge in [-0.2, -0.15) is 0 Å². The number of carbonyl (C=O) groups excluding carboxylic acids is 2. The van der Waals surface area contributed by atoms with E-state index in [-0.39, 0.29) is 54.1 Å². The molecule has 0 aromatic heterocycles. The second-order valence-electron chi connectivity index (χ2n) is 11.4. The van der Waals surface area contributed by atoms with Crippen LogP contribution >= 0.6 is 0 Å². The Labute approximate surface area is 247 Å². The standard InChI is InChI=1S/C30H41FN4O6S/c1-20-17-35(21(2)19-36)29(37)16-22-15-25(33-42(39,40)26-12-9-23(31)10-13-26)11-14-27(22)41-28(20)18-34(3)30(38)32-24-7-5-4-6-8-24/h9-15,20-21,24,28,33,36H,4-8,16-19H2,1-3H3,(H,32,38)/t20-,21-,28-/m0/s1. The number of halogens is 1. The highest BCUT2D eigenvalue weighted by atomic mass is 32.2. The highest BCUT2D eigenvalue weighted by molar-refractivity contribution is 7.92. The molecule has 230 valence electrons. The number of aliphatic hydroxyl groups is 1. The van der Waals surface area contributed by atoms with E-state index in [1.165, 1.54) is 24.6 Å². The van der Waals surface area contributed by atoms with Crippen molar-refractivity contribution in [3.63, 3.8) is 0 Å². The molecular weight excluding hydrogens is 563 g/mol. The number of benzene rings is 2. The highest BCUT2D eigenvalue weighted by Crippen LogP contribution is 2.30. The van der Waals surface area contributed by atoms with Crippen molar-refractivity contribution in [2.75, 3.05) is 31.5 Å². The lowest BCUT2D eigenvalue weighted by molar-refractivity contribution is -0.134. The molecule has 0 radical (unpaired) electrons. The number of anilines is 1. The molecule has 2 aromatic carbocycles. The number of fused-ring (bicyclic) bond motifs is 1. The molecule has 1 fully saturated rings. The zero-order chi connectivity index (χ0) is 30.4. The van der Waals surface area contributed by atoms with Crippen molar-refractivity contribution >= 4 is 27.6 Å². The number of urea groups is 1. The predicted molar refractivity (Wildman–Crippen MR) is 157 cm³/mol. The maximum absolute atomic E-state index is 13.4. The summed E-state index contributed by atoms with van der Waals surface area (Å²) in [6.45, 7) is 4.04. The molecule has 2 aliphatic rings. The fourth-order valence-corrected chi connectivity index (χ4v) is 6.47. The first-order valence-electron chi connectivity index (χ1n) is 14.5. The number of rotatable bonds is 8. The summed E-state index contributed by atoms with van der Waals surface area (Å²) in [4.78, 5) is 29.6. The minimum atomic E-state index is -4.02. The van der Waals surface area contributed by atoms with Crippen molar-refractivity contribution in [2.45, 2.75) is 75.5 Å². The molecule has 0 unspecified atom stereocenters. The normalized spacial score (nSPS) is 20.8. The second kappa shape index (κ2) is 13.7. The monoisotopic (exact) mass is 604 g/mol. The van der Waals surface area contributed by atoms with Gasteiger partial charge in [-0.3, -0.25) is 9.52 Å². The third kappa shape index (κ3) is 7.91. The van der Waals surface area contributed by atoms with Crippen LogP contribution in [-0.4, -0.2) is 80.2 Å². The number of carbonyl (C=O) groups is 2. The van der Waals surface area contributed by atoms with Crippen molar-refractivity contribution in [3.05, 3.63) is 53.8 Å². The molecule has 12 heteroatoms. The molecule has 1 aliphatic heterocycles. The first kappa shape index (κ1) is 31.6. The molecule has 0 spiro atoms. The van der Waals surface area contributed by atoms with Crippen LogP contribution < -0.4 is 14.8 Å². The summed E-state index contributed by atoms with van der Waals surface area (Å²) >= 11 is 0. The number of aliphatic hydroxyl groups excluding tert-OH is 1. The molecule has 0 saturated heterocycles. The fourth-order valence-electron chi connectivity index (χ4n) is 5.42. The van der Waals surface area contributed by atoms with E-state index in [1.54, 1.807) is 35.9 Å². The van der Waals surface area contributed by atoms with Crippen molar-refractivity contribution in [1.29, 1.82) is 0 Å². The number of likely N-dealkylation sites (N-methyl/N-ethyl adjacent to an activating group) is 1. The number of amides is 3. The van der Waals surface area contributed by atoms with Crippen LogP contribution in [0.25, 0.3) is 0 Å². The largest absolute Gasteiger partial charge is 0.488 e. The molecule has 4 rings (SSSR count). The van der Waals surface area contributed by atoms with Crippen LogP contribution in [0.1, 0.15) is 51.5 Å². The first-order chi connectivity index (χ1) is 20.0. The minimum absolute atomic E-state index is 0.0801. The summed E-state index contributed by atoms with van der Waals surface area (Å²) in [7, 11) is -2.30. The van der Waals surface area contributed by atoms with Gasteiger partial charge in [-0.05, 0) is 62.2 Å². The average molecular weight is 605 g/mol. The van der Waals surface area contributed by atoms with Crippen LogP contribution in [0.4, 0.5) is 14.9 Å². The molecule has 3 N–H and O–H groups in total. The summed E-state index contributed by atoms with van der Waals surface area (Å²) in [6.07, 6.45) is 4.74. The Morgan fingerprint density at radius 1 is 1.17 bits per heavy atom. The Morgan fingerprint density at radius 2 is 1.86 bits per heavy atom. The minimum Gasteiger partial charge on any atom is -0.488 e. The van der Waals surface area contributed by atoms with Crippen LogP contribution in [0.2, 0.25) is 0 Å². The van der Waals surface area contributed by atoms with Crippen LogP contribution in [0.5, 0.6) is 5.75 Å². The summed E-state index contributed by atoms with van der Waals surface area (Å²) in [5.41, 5.74) is 0.673. The van der Waals surface area contributed by atoms with Gasteiger partial charge in [-0.15, -0.1) is 0 Å². The van der Waals surface area contributed by atoms with Gasteiger partial charge in [0.1, 0.15) is 17.7 Å². The Balaban J connectivity index is 1.59. The second-order valence-corrected chi connectivity index (χ2v) is 13.1. The van der Waals surface area contributed by atoms with Gasteiger partial charge < -0.3 is 25.0 Å². The predicted octanol–water partition coefficient (Wildman–Crippen LogP) is 3.75. The average Bonchev–Trinajstić information content (AvgIpc) is 3.00. The smallest absolute Gasteiger partial charge is 0.317 e. The molecular formula is C30H41FN4O6S. The lowest BCUT2D eigenvalue weighted by Gasteiger charge is -2.34. The van der Waals surface area contributed by atoms with E-state index in [2.05, 4.69) is 10.0 Å². The van der Waals surface area contributed by atoms with Crippen molar-refractivity contribution in [1.82, 2.24) is 15.1 Å². The molecule has 0 bridgehead atoms. The van der Waals surface area contributed by atoms with Crippen molar-refractivity contribution < 1.29 is 32.2 Å². The quantitative estimate of drug-likeness (QED) is 0.421. The molecule has 42 heavy (non-hydrogen) atoms. The van der Waals surface area contributed by atoms with E-state index in [0.29, 0.717) is 17.9 Å². The van der Waals surface area contributed by atoms with E-state index < -0.39 is 28.0 Å². The zero-order valence-electron chi connectivity index (χ0n) is 24.4. The van der Waals surface area contributed by atoms with Crippen molar-refractivity contribution in [3.8, 4) is 5.75 Å². The van der Waals surface area contributed by atoms with Gasteiger partial charge >= 0.3 is 6.03 Å². The van der Waals surface area contributed by atoms with Crippen LogP contribution in [0.15, 0.2) is 47.4 Å². The molecule has 3 atom stereocenters. The number of nitrogens with zero attached hydrogens (tertiary/aromatic N) is 2. The summed E-state index contributed by atoms with van der Waals surface area (Å²) in [6, 6.07) is 8.69. The number of hydrogen-bond acceptors (Lipinski definition) is 6. The molecule has 2 aromatic rings. The fraction of sp³-hybridized carbons (Fsp3) is 0.533. The number of ether oxygens (including phenoxy) is 1. The third-order valence-electron chi connectivity index (χ3n) is 8.03. The number of nitrogens with one attached hydrogen (secondary N) is 2. The van der Waals surface area contributed by atoms with E-state index in [0.717, 1.165) is 37.8 Å². The van der Waals surface area contributed by atoms with Crippen LogP contribution in [0, 0.1) is 11.7 Å². The van der Waals surface area contributed by atoms with Gasteiger partial charge in [0, 0.05) is 36.8 Å². The summed E-state index contributed by atoms with van der Waals surface area (Å²) in [5.74, 6) is -0.583. The van der Waals surface area contributed by atoms with Gasteiger partial charge in [0.25, 0.3) is 10.0 Å². The molecule has 1 saturated carbocycles. The highest BCUT2D eigenvalue weighted by Gasteiger charge is 2.32. The molecule has 10 nitrogen and oxygen atoms in total. The maximum Gasteiger partial charge on any atom is 0.317 e. The maximum atomic E-state index is 13.4. The van der Waals surface area contributed by atoms with E-state index >= 15 is 0 Å². The number of sulfonamides is 1. The zero-order valence-corrected chi connectivity index (χ0v) is 25.2.